The van der Waals surface area contributed by atoms with Crippen molar-refractivity contribution < 1.29 is 19.1 Å². The predicted octanol–water partition coefficient (Wildman–Crippen LogP) is 4.70. The normalized spacial score (nSPS) is 26.2. The van der Waals surface area contributed by atoms with Crippen molar-refractivity contribution in [2.45, 2.75) is 83.0 Å². The second kappa shape index (κ2) is 9.08. The molecule has 0 spiro atoms. The van der Waals surface area contributed by atoms with E-state index in [1.807, 2.05) is 20.8 Å². The third-order valence-electron chi connectivity index (χ3n) is 5.63. The molecule has 0 aromatic heterocycles. The van der Waals surface area contributed by atoms with Crippen molar-refractivity contribution in [2.75, 3.05) is 13.2 Å². The molecule has 1 amide bonds. The Balaban J connectivity index is 1.52. The van der Waals surface area contributed by atoms with Gasteiger partial charge in [-0.3, -0.25) is 9.69 Å². The fourth-order valence-electron chi connectivity index (χ4n) is 4.16. The fraction of sp³-hybridized carbons (Fsp3) is 0.652. The van der Waals surface area contributed by atoms with Crippen LogP contribution < -0.4 is 0 Å². The van der Waals surface area contributed by atoms with E-state index in [0.29, 0.717) is 25.3 Å². The number of ketones is 1. The second-order valence-electron chi connectivity index (χ2n) is 8.98. The summed E-state index contributed by atoms with van der Waals surface area (Å²) in [5.74, 6) is 0.672. The summed E-state index contributed by atoms with van der Waals surface area (Å²) in [6.45, 7) is 6.35. The van der Waals surface area contributed by atoms with Gasteiger partial charge in [-0.2, -0.15) is 0 Å². The minimum Gasteiger partial charge on any atom is -0.444 e. The molecule has 0 unspecified atom stereocenters. The number of hydrogen-bond acceptors (Lipinski definition) is 4. The summed E-state index contributed by atoms with van der Waals surface area (Å²) < 4.78 is 11.6. The van der Waals surface area contributed by atoms with Crippen LogP contribution in [0.15, 0.2) is 30.3 Å². The Kier molecular flexibility index (Phi) is 6.76. The number of benzene rings is 1. The average molecular weight is 388 g/mol. The van der Waals surface area contributed by atoms with E-state index in [1.165, 1.54) is 5.56 Å². The van der Waals surface area contributed by atoms with Crippen molar-refractivity contribution in [1.29, 1.82) is 0 Å². The van der Waals surface area contributed by atoms with Gasteiger partial charge in [0.15, 0.2) is 5.78 Å². The molecule has 0 radical (unpaired) electrons. The third-order valence-corrected chi connectivity index (χ3v) is 5.63. The van der Waals surface area contributed by atoms with Crippen LogP contribution in [0, 0.1) is 0 Å². The molecule has 5 nitrogen and oxygen atoms in total. The maximum Gasteiger partial charge on any atom is 0.410 e. The lowest BCUT2D eigenvalue weighted by molar-refractivity contribution is -0.131. The van der Waals surface area contributed by atoms with Gasteiger partial charge in [0.25, 0.3) is 0 Å². The second-order valence-corrected chi connectivity index (χ2v) is 8.98. The highest BCUT2D eigenvalue weighted by Gasteiger charge is 2.36. The van der Waals surface area contributed by atoms with Gasteiger partial charge in [0.05, 0.1) is 12.7 Å². The molecule has 2 fully saturated rings. The van der Waals surface area contributed by atoms with Crippen LogP contribution in [-0.4, -0.2) is 47.7 Å². The van der Waals surface area contributed by atoms with Gasteiger partial charge in [0.1, 0.15) is 11.6 Å². The number of piperidine rings is 1. The Morgan fingerprint density at radius 2 is 1.79 bits per heavy atom. The first-order chi connectivity index (χ1) is 13.3. The molecule has 1 aromatic carbocycles. The Hall–Kier alpha value is -1.88. The van der Waals surface area contributed by atoms with Crippen molar-refractivity contribution in [3.8, 4) is 0 Å². The van der Waals surface area contributed by atoms with Gasteiger partial charge in [-0.1, -0.05) is 30.3 Å². The van der Waals surface area contributed by atoms with Gasteiger partial charge >= 0.3 is 6.09 Å². The zero-order chi connectivity index (χ0) is 20.1. The lowest BCUT2D eigenvalue weighted by Gasteiger charge is -2.37. The third kappa shape index (κ3) is 5.57. The molecule has 3 rings (SSSR count). The van der Waals surface area contributed by atoms with Gasteiger partial charge in [0.2, 0.25) is 0 Å². The van der Waals surface area contributed by atoms with Crippen LogP contribution in [-0.2, 0) is 14.3 Å². The maximum absolute atomic E-state index is 12.5. The Morgan fingerprint density at radius 1 is 1.11 bits per heavy atom. The largest absolute Gasteiger partial charge is 0.444 e. The zero-order valence-electron chi connectivity index (χ0n) is 17.4. The summed E-state index contributed by atoms with van der Waals surface area (Å²) in [4.78, 5) is 26.5. The smallest absolute Gasteiger partial charge is 0.410 e. The molecular formula is C23H33NO4. The minimum absolute atomic E-state index is 0.0788. The first kappa shape index (κ1) is 20.8. The Labute approximate surface area is 168 Å². The standard InChI is InChI=1S/C23H33NO4/c1-23(2,3)28-22(26)24-15-7-10-21(25)20(24)16-27-19-13-11-18(12-14-19)17-8-5-4-6-9-17/h4-6,8-9,18-20H,7,10-16H2,1-3H3/t18?,19?,20-/m0/s1. The molecule has 28 heavy (non-hydrogen) atoms. The number of likely N-dealkylation sites (tertiary alicyclic amines) is 1. The molecule has 0 bridgehead atoms. The summed E-state index contributed by atoms with van der Waals surface area (Å²) in [6, 6.07) is 10.1. The number of hydrogen-bond donors (Lipinski definition) is 0. The number of rotatable bonds is 4. The first-order valence-electron chi connectivity index (χ1n) is 10.5. The molecule has 1 atom stereocenters. The molecule has 1 aliphatic carbocycles. The SMILES string of the molecule is CC(C)(C)OC(=O)N1CCCC(=O)[C@@H]1COC1CCC(c2ccccc2)CC1. The van der Waals surface area contributed by atoms with Crippen LogP contribution in [0.2, 0.25) is 0 Å². The summed E-state index contributed by atoms with van der Waals surface area (Å²) >= 11 is 0. The number of carbonyl (C=O) groups is 2. The zero-order valence-corrected chi connectivity index (χ0v) is 17.4. The van der Waals surface area contributed by atoms with E-state index in [1.54, 1.807) is 4.90 Å². The highest BCUT2D eigenvalue weighted by atomic mass is 16.6. The van der Waals surface area contributed by atoms with Gasteiger partial charge in [-0.25, -0.2) is 4.79 Å². The molecule has 154 valence electrons. The van der Waals surface area contributed by atoms with Crippen LogP contribution in [0.25, 0.3) is 0 Å². The number of nitrogens with zero attached hydrogens (tertiary/aromatic N) is 1. The molecule has 1 aliphatic heterocycles. The number of Topliss-reactive ketones (excluding diaryl/α,β-unsaturated/α-hetero) is 1. The predicted molar refractivity (Wildman–Crippen MR) is 108 cm³/mol. The van der Waals surface area contributed by atoms with E-state index in [9.17, 15) is 9.59 Å². The van der Waals surface area contributed by atoms with Crippen LogP contribution in [0.1, 0.15) is 70.8 Å². The molecule has 1 saturated heterocycles. The fourth-order valence-corrected chi connectivity index (χ4v) is 4.16. The monoisotopic (exact) mass is 387 g/mol. The molecular weight excluding hydrogens is 354 g/mol. The molecule has 5 heteroatoms. The van der Waals surface area contributed by atoms with E-state index in [4.69, 9.17) is 9.47 Å². The highest BCUT2D eigenvalue weighted by molar-refractivity contribution is 5.88. The van der Waals surface area contributed by atoms with Crippen LogP contribution in [0.3, 0.4) is 0 Å². The number of carbonyl (C=O) groups excluding carboxylic acids is 2. The Bertz CT molecular complexity index is 659. The quantitative estimate of drug-likeness (QED) is 0.751. The maximum atomic E-state index is 12.5. The highest BCUT2D eigenvalue weighted by Crippen LogP contribution is 2.34. The van der Waals surface area contributed by atoms with Crippen molar-refractivity contribution in [2.24, 2.45) is 0 Å². The number of ether oxygens (including phenoxy) is 2. The van der Waals surface area contributed by atoms with E-state index in [2.05, 4.69) is 30.3 Å². The van der Waals surface area contributed by atoms with E-state index >= 15 is 0 Å². The van der Waals surface area contributed by atoms with Crippen LogP contribution in [0.4, 0.5) is 4.79 Å². The van der Waals surface area contributed by atoms with Crippen molar-refractivity contribution in [3.63, 3.8) is 0 Å². The lowest BCUT2D eigenvalue weighted by atomic mass is 9.83. The summed E-state index contributed by atoms with van der Waals surface area (Å²) in [5.41, 5.74) is 0.832. The topological polar surface area (TPSA) is 55.8 Å². The van der Waals surface area contributed by atoms with Crippen molar-refractivity contribution in [3.05, 3.63) is 35.9 Å². The summed E-state index contributed by atoms with van der Waals surface area (Å²) in [5, 5.41) is 0. The summed E-state index contributed by atoms with van der Waals surface area (Å²) in [7, 11) is 0. The van der Waals surface area contributed by atoms with E-state index in [0.717, 1.165) is 25.7 Å². The molecule has 1 saturated carbocycles. The molecule has 1 aromatic rings. The average Bonchev–Trinajstić information content (AvgIpc) is 2.66. The Morgan fingerprint density at radius 3 is 2.43 bits per heavy atom. The molecule has 1 heterocycles. The van der Waals surface area contributed by atoms with Crippen molar-refractivity contribution >= 4 is 11.9 Å². The van der Waals surface area contributed by atoms with Gasteiger partial charge < -0.3 is 9.47 Å². The molecule has 0 N–H and O–H groups in total. The minimum atomic E-state index is -0.571. The van der Waals surface area contributed by atoms with E-state index in [-0.39, 0.29) is 18.5 Å². The van der Waals surface area contributed by atoms with Gasteiger partial charge in [-0.05, 0) is 64.4 Å². The van der Waals surface area contributed by atoms with Crippen LogP contribution >= 0.6 is 0 Å². The van der Waals surface area contributed by atoms with Gasteiger partial charge in [-0.15, -0.1) is 0 Å². The number of amides is 1. The van der Waals surface area contributed by atoms with E-state index < -0.39 is 17.7 Å². The summed E-state index contributed by atoms with van der Waals surface area (Å²) in [6.07, 6.45) is 5.13. The molecule has 2 aliphatic rings. The van der Waals surface area contributed by atoms with Gasteiger partial charge in [0, 0.05) is 13.0 Å². The van der Waals surface area contributed by atoms with Crippen molar-refractivity contribution in [1.82, 2.24) is 4.90 Å². The first-order valence-corrected chi connectivity index (χ1v) is 10.5. The van der Waals surface area contributed by atoms with Crippen LogP contribution in [0.5, 0.6) is 0 Å². The lowest BCUT2D eigenvalue weighted by Crippen LogP contribution is -2.53.